The Bertz CT molecular complexity index is 498. The van der Waals surface area contributed by atoms with E-state index >= 15 is 0 Å². The van der Waals surface area contributed by atoms with Crippen LogP contribution < -0.4 is 5.32 Å². The number of nitrogens with one attached hydrogen (secondary N) is 2. The van der Waals surface area contributed by atoms with Gasteiger partial charge in [-0.1, -0.05) is 38.2 Å². The van der Waals surface area contributed by atoms with Crippen molar-refractivity contribution in [1.29, 1.82) is 0 Å². The van der Waals surface area contributed by atoms with Crippen LogP contribution in [0.1, 0.15) is 44.1 Å². The van der Waals surface area contributed by atoms with Gasteiger partial charge in [-0.05, 0) is 30.3 Å². The molecule has 108 valence electrons. The Kier molecular flexibility index (Phi) is 4.87. The molecule has 0 atom stereocenters. The maximum atomic E-state index is 4.19. The topological polar surface area (TPSA) is 40.7 Å². The normalized spacial score (nSPS) is 16.6. The average molecular weight is 289 g/mol. The van der Waals surface area contributed by atoms with E-state index < -0.39 is 0 Å². The summed E-state index contributed by atoms with van der Waals surface area (Å²) in [6, 6.07) is 4.23. The van der Waals surface area contributed by atoms with E-state index in [0.717, 1.165) is 19.0 Å². The smallest absolute Gasteiger partial charge is 0.0794 e. The molecule has 0 unspecified atom stereocenters. The van der Waals surface area contributed by atoms with Crippen LogP contribution in [0.5, 0.6) is 0 Å². The van der Waals surface area contributed by atoms with Gasteiger partial charge in [-0.2, -0.15) is 5.10 Å². The molecule has 20 heavy (non-hydrogen) atoms. The molecule has 1 aliphatic carbocycles. The number of hydrogen-bond donors (Lipinski definition) is 2. The predicted octanol–water partition coefficient (Wildman–Crippen LogP) is 4.20. The van der Waals surface area contributed by atoms with Crippen molar-refractivity contribution in [3.05, 3.63) is 29.3 Å². The molecule has 2 aromatic heterocycles. The Morgan fingerprint density at radius 1 is 1.30 bits per heavy atom. The largest absolute Gasteiger partial charge is 0.313 e. The van der Waals surface area contributed by atoms with E-state index in [0.29, 0.717) is 0 Å². The quantitative estimate of drug-likeness (QED) is 0.783. The molecule has 3 nitrogen and oxygen atoms in total. The van der Waals surface area contributed by atoms with Crippen LogP contribution in [0, 0.1) is 5.92 Å². The zero-order chi connectivity index (χ0) is 13.6. The molecule has 0 radical (unpaired) electrons. The highest BCUT2D eigenvalue weighted by Crippen LogP contribution is 2.27. The lowest BCUT2D eigenvalue weighted by Gasteiger charge is -2.21. The Labute approximate surface area is 124 Å². The van der Waals surface area contributed by atoms with Gasteiger partial charge in [0.2, 0.25) is 0 Å². The number of rotatable bonds is 6. The fraction of sp³-hybridized carbons (Fsp3) is 0.562. The summed E-state index contributed by atoms with van der Waals surface area (Å²) in [7, 11) is 0. The van der Waals surface area contributed by atoms with E-state index in [2.05, 4.69) is 33.0 Å². The fourth-order valence-corrected chi connectivity index (χ4v) is 3.84. The van der Waals surface area contributed by atoms with E-state index in [1.54, 1.807) is 11.3 Å². The third-order valence-electron chi connectivity index (χ3n) is 4.25. The number of H-pyrrole nitrogens is 1. The lowest BCUT2D eigenvalue weighted by atomic mass is 9.87. The Morgan fingerprint density at radius 2 is 2.20 bits per heavy atom. The van der Waals surface area contributed by atoms with Gasteiger partial charge >= 0.3 is 0 Å². The maximum absolute atomic E-state index is 4.19. The molecular weight excluding hydrogens is 266 g/mol. The molecular formula is C16H23N3S. The van der Waals surface area contributed by atoms with E-state index in [9.17, 15) is 0 Å². The van der Waals surface area contributed by atoms with Crippen LogP contribution in [0.4, 0.5) is 0 Å². The van der Waals surface area contributed by atoms with Gasteiger partial charge in [-0.25, -0.2) is 0 Å². The van der Waals surface area contributed by atoms with Gasteiger partial charge in [0.1, 0.15) is 0 Å². The molecule has 1 fully saturated rings. The number of nitrogens with zero attached hydrogens (tertiary/aromatic N) is 1. The Balaban J connectivity index is 1.46. The summed E-state index contributed by atoms with van der Waals surface area (Å²) in [5.41, 5.74) is 2.45. The highest BCUT2D eigenvalue weighted by molar-refractivity contribution is 7.13. The second kappa shape index (κ2) is 7.04. The van der Waals surface area contributed by atoms with Crippen molar-refractivity contribution in [3.63, 3.8) is 0 Å². The first-order valence-corrected chi connectivity index (χ1v) is 8.58. The molecule has 0 aromatic carbocycles. The minimum absolute atomic E-state index is 0.913. The minimum Gasteiger partial charge on any atom is -0.313 e. The summed E-state index contributed by atoms with van der Waals surface area (Å²) in [6.45, 7) is 2.04. The summed E-state index contributed by atoms with van der Waals surface area (Å²) in [5, 5.41) is 13.0. The van der Waals surface area contributed by atoms with Gasteiger partial charge in [-0.15, -0.1) is 11.3 Å². The van der Waals surface area contributed by atoms with Crippen LogP contribution >= 0.6 is 11.3 Å². The summed E-state index contributed by atoms with van der Waals surface area (Å²) in [5.74, 6) is 0.956. The fourth-order valence-electron chi connectivity index (χ4n) is 3.08. The number of aromatic amines is 1. The van der Waals surface area contributed by atoms with Gasteiger partial charge in [0.25, 0.3) is 0 Å². The van der Waals surface area contributed by atoms with Crippen molar-refractivity contribution in [3.8, 4) is 10.6 Å². The molecule has 4 heteroatoms. The Morgan fingerprint density at radius 3 is 3.00 bits per heavy atom. The monoisotopic (exact) mass is 289 g/mol. The first-order valence-electron chi connectivity index (χ1n) is 7.70. The number of thiophene rings is 1. The Hall–Kier alpha value is -1.13. The zero-order valence-corrected chi connectivity index (χ0v) is 12.7. The number of aromatic nitrogens is 2. The summed E-state index contributed by atoms with van der Waals surface area (Å²) in [6.07, 6.45) is 10.5. The standard InChI is InChI=1S/C16H23N3S/c1-2-5-13(6-3-1)8-9-17-11-14-12-18-19-16(14)15-7-4-10-20-15/h4,7,10,12-13,17H,1-3,5-6,8-9,11H2,(H,18,19). The molecule has 3 rings (SSSR count). The van der Waals surface area contributed by atoms with Crippen LogP contribution in [0.15, 0.2) is 23.7 Å². The van der Waals surface area contributed by atoms with Gasteiger partial charge in [0.05, 0.1) is 16.8 Å². The van der Waals surface area contributed by atoms with Crippen LogP contribution in [-0.4, -0.2) is 16.7 Å². The van der Waals surface area contributed by atoms with Crippen molar-refractivity contribution in [2.75, 3.05) is 6.54 Å². The summed E-state index contributed by atoms with van der Waals surface area (Å²) < 4.78 is 0. The van der Waals surface area contributed by atoms with Crippen LogP contribution in [0.25, 0.3) is 10.6 Å². The van der Waals surface area contributed by atoms with Gasteiger partial charge in [-0.3, -0.25) is 5.10 Å². The second-order valence-corrected chi connectivity index (χ2v) is 6.66. The molecule has 1 saturated carbocycles. The third kappa shape index (κ3) is 3.49. The molecule has 0 aliphatic heterocycles. The van der Waals surface area contributed by atoms with E-state index in [1.165, 1.54) is 54.7 Å². The second-order valence-electron chi connectivity index (χ2n) is 5.72. The third-order valence-corrected chi connectivity index (χ3v) is 5.14. The number of hydrogen-bond acceptors (Lipinski definition) is 3. The lowest BCUT2D eigenvalue weighted by Crippen LogP contribution is -2.19. The van der Waals surface area contributed by atoms with E-state index in [-0.39, 0.29) is 0 Å². The first kappa shape index (κ1) is 13.8. The van der Waals surface area contributed by atoms with Crippen LogP contribution in [-0.2, 0) is 6.54 Å². The van der Waals surface area contributed by atoms with Crippen LogP contribution in [0.3, 0.4) is 0 Å². The highest BCUT2D eigenvalue weighted by atomic mass is 32.1. The minimum atomic E-state index is 0.913. The maximum Gasteiger partial charge on any atom is 0.0794 e. The first-order chi connectivity index (χ1) is 9.93. The SMILES string of the molecule is c1csc(-c2[nH]ncc2CNCCC2CCCCC2)c1. The lowest BCUT2D eigenvalue weighted by molar-refractivity contribution is 0.334. The molecule has 2 N–H and O–H groups in total. The summed E-state index contributed by atoms with van der Waals surface area (Å²) >= 11 is 1.76. The van der Waals surface area contributed by atoms with Crippen molar-refractivity contribution < 1.29 is 0 Å². The van der Waals surface area contributed by atoms with E-state index in [1.807, 2.05) is 6.20 Å². The zero-order valence-electron chi connectivity index (χ0n) is 11.9. The van der Waals surface area contributed by atoms with Crippen molar-refractivity contribution in [1.82, 2.24) is 15.5 Å². The average Bonchev–Trinajstić information content (AvgIpc) is 3.15. The van der Waals surface area contributed by atoms with Crippen molar-refractivity contribution >= 4 is 11.3 Å². The van der Waals surface area contributed by atoms with Gasteiger partial charge in [0, 0.05) is 12.1 Å². The van der Waals surface area contributed by atoms with Gasteiger partial charge < -0.3 is 5.32 Å². The van der Waals surface area contributed by atoms with Crippen molar-refractivity contribution in [2.24, 2.45) is 5.92 Å². The molecule has 2 heterocycles. The molecule has 2 aromatic rings. The predicted molar refractivity (Wildman–Crippen MR) is 84.8 cm³/mol. The van der Waals surface area contributed by atoms with Crippen molar-refractivity contribution in [2.45, 2.75) is 45.1 Å². The van der Waals surface area contributed by atoms with Gasteiger partial charge in [0.15, 0.2) is 0 Å². The molecule has 0 bridgehead atoms. The molecule has 1 aliphatic rings. The summed E-state index contributed by atoms with van der Waals surface area (Å²) in [4.78, 5) is 1.27. The highest BCUT2D eigenvalue weighted by Gasteiger charge is 2.13. The molecule has 0 saturated heterocycles. The van der Waals surface area contributed by atoms with Crippen LogP contribution in [0.2, 0.25) is 0 Å². The molecule has 0 amide bonds. The van der Waals surface area contributed by atoms with E-state index in [4.69, 9.17) is 0 Å². The molecule has 0 spiro atoms.